The van der Waals surface area contributed by atoms with Gasteiger partial charge in [-0.3, -0.25) is 0 Å². The predicted molar refractivity (Wildman–Crippen MR) is 122 cm³/mol. The van der Waals surface area contributed by atoms with Gasteiger partial charge < -0.3 is 20.1 Å². The summed E-state index contributed by atoms with van der Waals surface area (Å²) >= 11 is 6.21. The van der Waals surface area contributed by atoms with Crippen LogP contribution in [-0.2, 0) is 16.1 Å². The van der Waals surface area contributed by atoms with Gasteiger partial charge in [0, 0.05) is 10.6 Å². The molecule has 0 fully saturated rings. The largest absolute Gasteiger partial charge is 0.489 e. The normalized spacial score (nSPS) is 15.6. The van der Waals surface area contributed by atoms with Crippen LogP contribution in [0.4, 0.5) is 4.79 Å². The van der Waals surface area contributed by atoms with E-state index in [9.17, 15) is 9.59 Å². The van der Waals surface area contributed by atoms with Crippen molar-refractivity contribution in [1.82, 2.24) is 10.6 Å². The van der Waals surface area contributed by atoms with Gasteiger partial charge in [0.15, 0.2) is 0 Å². The average molecular weight is 449 g/mol. The molecule has 1 aliphatic rings. The summed E-state index contributed by atoms with van der Waals surface area (Å²) in [6.07, 6.45) is 0. The van der Waals surface area contributed by atoms with Crippen molar-refractivity contribution >= 4 is 29.3 Å². The Labute approximate surface area is 190 Å². The van der Waals surface area contributed by atoms with E-state index in [-0.39, 0.29) is 6.61 Å². The molecule has 0 aromatic heterocycles. The summed E-state index contributed by atoms with van der Waals surface area (Å²) in [7, 11) is 1.31. The first-order valence-electron chi connectivity index (χ1n) is 9.98. The minimum Gasteiger partial charge on any atom is -0.489 e. The number of carbonyl (C=O) groups excluding carboxylic acids is 2. The molecule has 0 saturated heterocycles. The number of hydrogen-bond donors (Lipinski definition) is 2. The fourth-order valence-corrected chi connectivity index (χ4v) is 3.73. The molecule has 7 heteroatoms. The molecule has 0 spiro atoms. The Morgan fingerprint density at radius 2 is 1.75 bits per heavy atom. The van der Waals surface area contributed by atoms with Crippen LogP contribution in [0.15, 0.2) is 84.4 Å². The molecule has 32 heavy (non-hydrogen) atoms. The van der Waals surface area contributed by atoms with Crippen molar-refractivity contribution in [3.63, 3.8) is 0 Å². The number of ether oxygens (including phenoxy) is 2. The monoisotopic (exact) mass is 448 g/mol. The Morgan fingerprint density at radius 1 is 1.00 bits per heavy atom. The van der Waals surface area contributed by atoms with Crippen LogP contribution in [0.3, 0.4) is 0 Å². The van der Waals surface area contributed by atoms with Crippen molar-refractivity contribution in [2.45, 2.75) is 12.6 Å². The van der Waals surface area contributed by atoms with Gasteiger partial charge in [0.2, 0.25) is 0 Å². The highest BCUT2D eigenvalue weighted by Gasteiger charge is 2.34. The number of methoxy groups -OCH3 is 1. The second-order valence-electron chi connectivity index (χ2n) is 7.13. The zero-order valence-corrected chi connectivity index (χ0v) is 18.1. The third-order valence-electron chi connectivity index (χ3n) is 5.08. The molecular weight excluding hydrogens is 428 g/mol. The molecule has 3 aromatic rings. The Morgan fingerprint density at radius 3 is 2.50 bits per heavy atom. The summed E-state index contributed by atoms with van der Waals surface area (Å²) in [6, 6.07) is 22.7. The van der Waals surface area contributed by atoms with Gasteiger partial charge in [-0.2, -0.15) is 0 Å². The molecule has 0 aliphatic carbocycles. The summed E-state index contributed by atoms with van der Waals surface area (Å²) in [6.45, 7) is 0.288. The van der Waals surface area contributed by atoms with E-state index < -0.39 is 18.0 Å². The molecule has 162 valence electrons. The van der Waals surface area contributed by atoms with Crippen LogP contribution in [0, 0.1) is 0 Å². The van der Waals surface area contributed by atoms with Crippen LogP contribution in [0.25, 0.3) is 5.70 Å². The molecule has 2 N–H and O–H groups in total. The Bertz CT molecular complexity index is 1180. The highest BCUT2D eigenvalue weighted by atomic mass is 35.5. The van der Waals surface area contributed by atoms with Gasteiger partial charge >= 0.3 is 12.0 Å². The molecule has 2 amide bonds. The molecule has 0 radical (unpaired) electrons. The van der Waals surface area contributed by atoms with Crippen molar-refractivity contribution in [2.75, 3.05) is 7.11 Å². The number of nitrogens with one attached hydrogen (secondary N) is 2. The number of carbonyl (C=O) groups is 2. The van der Waals surface area contributed by atoms with Crippen molar-refractivity contribution in [1.29, 1.82) is 0 Å². The van der Waals surface area contributed by atoms with Crippen molar-refractivity contribution in [3.05, 3.63) is 106 Å². The molecule has 1 aliphatic heterocycles. The molecule has 4 rings (SSSR count). The van der Waals surface area contributed by atoms with E-state index in [1.54, 1.807) is 12.1 Å². The molecule has 0 saturated carbocycles. The van der Waals surface area contributed by atoms with Gasteiger partial charge in [-0.05, 0) is 29.3 Å². The van der Waals surface area contributed by atoms with Gasteiger partial charge in [0.25, 0.3) is 0 Å². The van der Waals surface area contributed by atoms with Crippen LogP contribution in [0.2, 0.25) is 5.02 Å². The second kappa shape index (κ2) is 9.58. The summed E-state index contributed by atoms with van der Waals surface area (Å²) in [5, 5.41) is 6.19. The van der Waals surface area contributed by atoms with E-state index in [0.29, 0.717) is 33.2 Å². The van der Waals surface area contributed by atoms with E-state index in [1.807, 2.05) is 66.7 Å². The van der Waals surface area contributed by atoms with Crippen molar-refractivity contribution in [2.24, 2.45) is 0 Å². The number of urea groups is 1. The lowest BCUT2D eigenvalue weighted by molar-refractivity contribution is -0.136. The summed E-state index contributed by atoms with van der Waals surface area (Å²) in [5.74, 6) is 0.0458. The first-order chi connectivity index (χ1) is 15.6. The smallest absolute Gasteiger partial charge is 0.338 e. The maximum Gasteiger partial charge on any atom is 0.338 e. The summed E-state index contributed by atoms with van der Waals surface area (Å²) < 4.78 is 11.0. The zero-order chi connectivity index (χ0) is 22.5. The van der Waals surface area contributed by atoms with E-state index >= 15 is 0 Å². The third kappa shape index (κ3) is 4.60. The fourth-order valence-electron chi connectivity index (χ4n) is 3.54. The second-order valence-corrected chi connectivity index (χ2v) is 7.54. The predicted octanol–water partition coefficient (Wildman–Crippen LogP) is 4.86. The van der Waals surface area contributed by atoms with Crippen LogP contribution in [-0.4, -0.2) is 19.1 Å². The van der Waals surface area contributed by atoms with Gasteiger partial charge in [-0.15, -0.1) is 0 Å². The number of benzene rings is 3. The standard InChI is InChI=1S/C25H21ClN2O4/c1-31-24(29)21-22(16-8-3-2-4-9-16)27-25(30)28-23(21)17-11-7-12-19(14-17)32-15-18-10-5-6-13-20(18)26/h2-14,23H,15H2,1H3,(H2,27,28,30). The number of halogens is 1. The third-order valence-corrected chi connectivity index (χ3v) is 5.45. The minimum atomic E-state index is -0.713. The molecular formula is C25H21ClN2O4. The van der Waals surface area contributed by atoms with Crippen LogP contribution in [0.1, 0.15) is 22.7 Å². The number of amides is 2. The van der Waals surface area contributed by atoms with Crippen LogP contribution >= 0.6 is 11.6 Å². The quantitative estimate of drug-likeness (QED) is 0.528. The van der Waals surface area contributed by atoms with E-state index in [2.05, 4.69) is 10.6 Å². The lowest BCUT2D eigenvalue weighted by atomic mass is 9.92. The van der Waals surface area contributed by atoms with E-state index in [1.165, 1.54) is 7.11 Å². The highest BCUT2D eigenvalue weighted by Crippen LogP contribution is 2.33. The number of hydrogen-bond acceptors (Lipinski definition) is 4. The molecule has 1 unspecified atom stereocenters. The van der Waals surface area contributed by atoms with Crippen LogP contribution < -0.4 is 15.4 Å². The maximum atomic E-state index is 12.8. The lowest BCUT2D eigenvalue weighted by Crippen LogP contribution is -2.45. The molecule has 1 heterocycles. The minimum absolute atomic E-state index is 0.288. The maximum absolute atomic E-state index is 12.8. The molecule has 6 nitrogen and oxygen atoms in total. The van der Waals surface area contributed by atoms with E-state index in [4.69, 9.17) is 21.1 Å². The Hall–Kier alpha value is -3.77. The van der Waals surface area contributed by atoms with Gasteiger partial charge in [0.1, 0.15) is 12.4 Å². The Balaban J connectivity index is 1.69. The highest BCUT2D eigenvalue weighted by molar-refractivity contribution is 6.31. The summed E-state index contributed by atoms with van der Waals surface area (Å²) in [5.41, 5.74) is 2.97. The molecule has 0 bridgehead atoms. The Kier molecular flexibility index (Phi) is 6.42. The van der Waals surface area contributed by atoms with Crippen molar-refractivity contribution < 1.29 is 19.1 Å². The van der Waals surface area contributed by atoms with Crippen molar-refractivity contribution in [3.8, 4) is 5.75 Å². The number of esters is 1. The first-order valence-corrected chi connectivity index (χ1v) is 10.4. The molecule has 1 atom stereocenters. The lowest BCUT2D eigenvalue weighted by Gasteiger charge is -2.29. The molecule has 3 aromatic carbocycles. The van der Waals surface area contributed by atoms with Gasteiger partial charge in [-0.1, -0.05) is 72.3 Å². The van der Waals surface area contributed by atoms with E-state index in [0.717, 1.165) is 5.56 Å². The average Bonchev–Trinajstić information content (AvgIpc) is 2.83. The zero-order valence-electron chi connectivity index (χ0n) is 17.3. The fraction of sp³-hybridized carbons (Fsp3) is 0.120. The van der Waals surface area contributed by atoms with Gasteiger partial charge in [0.05, 0.1) is 24.4 Å². The van der Waals surface area contributed by atoms with Crippen LogP contribution in [0.5, 0.6) is 5.75 Å². The number of rotatable bonds is 6. The topological polar surface area (TPSA) is 76.7 Å². The first kappa shape index (κ1) is 21.5. The SMILES string of the molecule is COC(=O)C1=C(c2ccccc2)NC(=O)NC1c1cccc(OCc2ccccc2Cl)c1. The van der Waals surface area contributed by atoms with Gasteiger partial charge in [-0.25, -0.2) is 9.59 Å². The summed E-state index contributed by atoms with van der Waals surface area (Å²) in [4.78, 5) is 25.2.